The van der Waals surface area contributed by atoms with E-state index in [0.717, 1.165) is 16.5 Å². The summed E-state index contributed by atoms with van der Waals surface area (Å²) in [6, 6.07) is 5.38. The van der Waals surface area contributed by atoms with Crippen LogP contribution in [-0.2, 0) is 11.2 Å². The second-order valence-corrected chi connectivity index (χ2v) is 4.46. The second kappa shape index (κ2) is 5.42. The molecular weight excluding hydrogens is 254 g/mol. The number of nitrogens with one attached hydrogen (secondary N) is 1. The minimum Gasteiger partial charge on any atom is -0.464 e. The van der Waals surface area contributed by atoms with Crippen molar-refractivity contribution in [1.29, 1.82) is 0 Å². The summed E-state index contributed by atoms with van der Waals surface area (Å²) in [6.07, 6.45) is 1.38. The van der Waals surface area contributed by atoms with Gasteiger partial charge in [0.15, 0.2) is 0 Å². The van der Waals surface area contributed by atoms with Gasteiger partial charge in [-0.25, -0.2) is 4.79 Å². The van der Waals surface area contributed by atoms with Gasteiger partial charge in [0, 0.05) is 22.5 Å². The minimum atomic E-state index is -0.407. The maximum atomic E-state index is 11.5. The number of esters is 1. The van der Waals surface area contributed by atoms with Crippen LogP contribution in [0.25, 0.3) is 10.9 Å². The Bertz CT molecular complexity index is 577. The highest BCUT2D eigenvalue weighted by atomic mass is 35.5. The second-order valence-electron chi connectivity index (χ2n) is 4.03. The molecule has 0 fully saturated rings. The van der Waals surface area contributed by atoms with Gasteiger partial charge in [-0.3, -0.25) is 0 Å². The average molecular weight is 268 g/mol. The van der Waals surface area contributed by atoms with E-state index in [4.69, 9.17) is 16.7 Å². The van der Waals surface area contributed by atoms with Crippen molar-refractivity contribution in [2.24, 2.45) is 0 Å². The maximum absolute atomic E-state index is 11.5. The lowest BCUT2D eigenvalue weighted by Crippen LogP contribution is -2.00. The number of aromatic nitrogens is 1. The van der Waals surface area contributed by atoms with E-state index in [2.05, 4.69) is 9.72 Å². The molecule has 2 aromatic rings. The Morgan fingerprint density at radius 2 is 2.22 bits per heavy atom. The number of halogens is 1. The molecular formula is C13H14ClNO3. The van der Waals surface area contributed by atoms with Crippen LogP contribution >= 0.6 is 11.6 Å². The van der Waals surface area contributed by atoms with Crippen LogP contribution in [0.1, 0.15) is 22.5 Å². The molecule has 2 N–H and O–H groups in total. The Balaban J connectivity index is 2.49. The van der Waals surface area contributed by atoms with Gasteiger partial charge in [0.05, 0.1) is 7.11 Å². The van der Waals surface area contributed by atoms with Crippen LogP contribution in [0, 0.1) is 0 Å². The molecule has 5 heteroatoms. The summed E-state index contributed by atoms with van der Waals surface area (Å²) >= 11 is 6.03. The summed E-state index contributed by atoms with van der Waals surface area (Å²) in [4.78, 5) is 14.4. The number of aliphatic hydroxyl groups excluding tert-OH is 1. The number of H-pyrrole nitrogens is 1. The van der Waals surface area contributed by atoms with E-state index >= 15 is 0 Å². The van der Waals surface area contributed by atoms with Gasteiger partial charge in [-0.15, -0.1) is 0 Å². The normalized spacial score (nSPS) is 10.8. The van der Waals surface area contributed by atoms with Crippen molar-refractivity contribution in [3.63, 3.8) is 0 Å². The van der Waals surface area contributed by atoms with E-state index in [-0.39, 0.29) is 6.61 Å². The molecule has 0 aliphatic heterocycles. The fraction of sp³-hybridized carbons (Fsp3) is 0.308. The summed E-state index contributed by atoms with van der Waals surface area (Å²) < 4.78 is 4.67. The van der Waals surface area contributed by atoms with Gasteiger partial charge in [0.25, 0.3) is 0 Å². The fourth-order valence-corrected chi connectivity index (χ4v) is 2.21. The fourth-order valence-electron chi connectivity index (χ4n) is 1.97. The summed E-state index contributed by atoms with van der Waals surface area (Å²) in [5.74, 6) is -0.407. The summed E-state index contributed by atoms with van der Waals surface area (Å²) in [7, 11) is 1.34. The van der Waals surface area contributed by atoms with Crippen molar-refractivity contribution in [3.05, 3.63) is 34.5 Å². The van der Waals surface area contributed by atoms with Gasteiger partial charge in [-0.05, 0) is 36.6 Å². The number of rotatable bonds is 4. The van der Waals surface area contributed by atoms with Crippen molar-refractivity contribution in [2.45, 2.75) is 12.8 Å². The molecule has 0 aliphatic carbocycles. The molecule has 0 spiro atoms. The molecule has 0 saturated carbocycles. The quantitative estimate of drug-likeness (QED) is 0.837. The first kappa shape index (κ1) is 12.9. The zero-order chi connectivity index (χ0) is 13.1. The first-order valence-electron chi connectivity index (χ1n) is 5.66. The monoisotopic (exact) mass is 267 g/mol. The number of carbonyl (C=O) groups excluding carboxylic acids is 1. The molecule has 96 valence electrons. The molecule has 0 atom stereocenters. The lowest BCUT2D eigenvalue weighted by molar-refractivity contribution is 0.0595. The molecule has 0 radical (unpaired) electrons. The molecule has 1 aromatic carbocycles. The van der Waals surface area contributed by atoms with Crippen LogP contribution in [0.2, 0.25) is 5.02 Å². The van der Waals surface area contributed by atoms with Gasteiger partial charge >= 0.3 is 5.97 Å². The molecule has 0 saturated heterocycles. The van der Waals surface area contributed by atoms with Crippen molar-refractivity contribution < 1.29 is 14.6 Å². The average Bonchev–Trinajstić information content (AvgIpc) is 2.78. The van der Waals surface area contributed by atoms with Crippen molar-refractivity contribution in [1.82, 2.24) is 4.98 Å². The number of hydrogen-bond acceptors (Lipinski definition) is 3. The van der Waals surface area contributed by atoms with Crippen LogP contribution in [0.5, 0.6) is 0 Å². The molecule has 0 unspecified atom stereocenters. The number of ether oxygens (including phenoxy) is 1. The summed E-state index contributed by atoms with van der Waals surface area (Å²) in [5, 5.41) is 10.4. The van der Waals surface area contributed by atoms with Crippen LogP contribution in [0.15, 0.2) is 18.2 Å². The van der Waals surface area contributed by atoms with Crippen molar-refractivity contribution in [2.75, 3.05) is 13.7 Å². The molecule has 1 heterocycles. The van der Waals surface area contributed by atoms with E-state index in [1.807, 2.05) is 6.07 Å². The number of carbonyl (C=O) groups is 1. The van der Waals surface area contributed by atoms with Crippen LogP contribution in [0.4, 0.5) is 0 Å². The van der Waals surface area contributed by atoms with E-state index in [1.54, 1.807) is 12.1 Å². The zero-order valence-electron chi connectivity index (χ0n) is 10.00. The first-order chi connectivity index (χ1) is 8.65. The summed E-state index contributed by atoms with van der Waals surface area (Å²) in [5.41, 5.74) is 2.22. The summed E-state index contributed by atoms with van der Waals surface area (Å²) in [6.45, 7) is 0.127. The van der Waals surface area contributed by atoms with E-state index in [0.29, 0.717) is 23.6 Å². The number of fused-ring (bicyclic) bond motifs is 1. The highest BCUT2D eigenvalue weighted by molar-refractivity contribution is 6.31. The number of hydrogen-bond donors (Lipinski definition) is 2. The Hall–Kier alpha value is -1.52. The van der Waals surface area contributed by atoms with Gasteiger partial charge in [0.1, 0.15) is 5.69 Å². The number of aryl methyl sites for hydroxylation is 1. The SMILES string of the molecule is COC(=O)c1cc2c(CCCO)cc(Cl)cc2[nH]1. The van der Waals surface area contributed by atoms with Crippen LogP contribution in [-0.4, -0.2) is 29.8 Å². The highest BCUT2D eigenvalue weighted by Gasteiger charge is 2.12. The third-order valence-corrected chi connectivity index (χ3v) is 3.02. The third-order valence-electron chi connectivity index (χ3n) is 2.80. The van der Waals surface area contributed by atoms with Gasteiger partial charge in [0.2, 0.25) is 0 Å². The van der Waals surface area contributed by atoms with Crippen molar-refractivity contribution in [3.8, 4) is 0 Å². The van der Waals surface area contributed by atoms with E-state index in [1.165, 1.54) is 7.11 Å². The minimum absolute atomic E-state index is 0.127. The topological polar surface area (TPSA) is 62.3 Å². The van der Waals surface area contributed by atoms with Crippen molar-refractivity contribution >= 4 is 28.5 Å². The Morgan fingerprint density at radius 3 is 2.89 bits per heavy atom. The van der Waals surface area contributed by atoms with E-state index < -0.39 is 5.97 Å². The number of aromatic amines is 1. The molecule has 1 aromatic heterocycles. The molecule has 0 amide bonds. The Kier molecular flexibility index (Phi) is 3.89. The smallest absolute Gasteiger partial charge is 0.354 e. The predicted octanol–water partition coefficient (Wildman–Crippen LogP) is 2.53. The lowest BCUT2D eigenvalue weighted by atomic mass is 10.1. The zero-order valence-corrected chi connectivity index (χ0v) is 10.8. The third kappa shape index (κ3) is 2.49. The van der Waals surface area contributed by atoms with Crippen LogP contribution < -0.4 is 0 Å². The standard InChI is InChI=1S/C13H14ClNO3/c1-18-13(17)12-7-10-8(3-2-4-16)5-9(14)6-11(10)15-12/h5-7,15-16H,2-4H2,1H3. The van der Waals surface area contributed by atoms with Gasteiger partial charge in [-0.2, -0.15) is 0 Å². The number of methoxy groups -OCH3 is 1. The van der Waals surface area contributed by atoms with Gasteiger partial charge in [-0.1, -0.05) is 11.6 Å². The number of benzene rings is 1. The van der Waals surface area contributed by atoms with Crippen LogP contribution in [0.3, 0.4) is 0 Å². The lowest BCUT2D eigenvalue weighted by Gasteiger charge is -2.02. The predicted molar refractivity (Wildman–Crippen MR) is 70.1 cm³/mol. The molecule has 0 aliphatic rings. The largest absolute Gasteiger partial charge is 0.464 e. The molecule has 4 nitrogen and oxygen atoms in total. The number of aliphatic hydroxyl groups is 1. The first-order valence-corrected chi connectivity index (χ1v) is 6.04. The highest BCUT2D eigenvalue weighted by Crippen LogP contribution is 2.26. The van der Waals surface area contributed by atoms with E-state index in [9.17, 15) is 4.79 Å². The molecule has 2 rings (SSSR count). The Labute approximate surface area is 110 Å². The molecule has 0 bridgehead atoms. The van der Waals surface area contributed by atoms with Gasteiger partial charge < -0.3 is 14.8 Å². The maximum Gasteiger partial charge on any atom is 0.354 e. The molecule has 18 heavy (non-hydrogen) atoms. The Morgan fingerprint density at radius 1 is 1.44 bits per heavy atom.